The highest BCUT2D eigenvalue weighted by Gasteiger charge is 2.18. The van der Waals surface area contributed by atoms with Gasteiger partial charge in [0.2, 0.25) is 5.91 Å². The SMILES string of the molecule is COCCCNC(=O)Cn1cc(S(=O)(=O)Cl)c(=O)[nH]c1=O. The van der Waals surface area contributed by atoms with Gasteiger partial charge in [-0.15, -0.1) is 0 Å². The molecule has 118 valence electrons. The first-order chi connectivity index (χ1) is 9.75. The summed E-state index contributed by atoms with van der Waals surface area (Å²) in [5, 5.41) is 2.51. The van der Waals surface area contributed by atoms with Crippen LogP contribution in [0.2, 0.25) is 0 Å². The Hall–Kier alpha value is -1.65. The number of halogens is 1. The lowest BCUT2D eigenvalue weighted by atomic mass is 10.4. The third-order valence-electron chi connectivity index (χ3n) is 2.40. The fourth-order valence-electron chi connectivity index (χ4n) is 1.44. The minimum Gasteiger partial charge on any atom is -0.385 e. The summed E-state index contributed by atoms with van der Waals surface area (Å²) in [7, 11) is 2.28. The Labute approximate surface area is 124 Å². The largest absolute Gasteiger partial charge is 0.385 e. The number of nitrogens with zero attached hydrogens (tertiary/aromatic N) is 1. The van der Waals surface area contributed by atoms with Crippen LogP contribution in [0.15, 0.2) is 20.7 Å². The first-order valence-electron chi connectivity index (χ1n) is 5.79. The van der Waals surface area contributed by atoms with Gasteiger partial charge in [0, 0.05) is 37.1 Å². The molecule has 0 radical (unpaired) electrons. The van der Waals surface area contributed by atoms with Crippen LogP contribution >= 0.6 is 10.7 Å². The highest BCUT2D eigenvalue weighted by Crippen LogP contribution is 2.07. The molecule has 0 saturated heterocycles. The van der Waals surface area contributed by atoms with Gasteiger partial charge in [-0.05, 0) is 6.42 Å². The molecule has 0 aliphatic heterocycles. The van der Waals surface area contributed by atoms with Gasteiger partial charge < -0.3 is 10.1 Å². The lowest BCUT2D eigenvalue weighted by molar-refractivity contribution is -0.121. The molecule has 0 unspecified atom stereocenters. The van der Waals surface area contributed by atoms with Gasteiger partial charge in [-0.3, -0.25) is 19.1 Å². The molecule has 0 aliphatic rings. The van der Waals surface area contributed by atoms with Gasteiger partial charge in [0.1, 0.15) is 6.54 Å². The van der Waals surface area contributed by atoms with Crippen LogP contribution in [-0.2, 0) is 25.1 Å². The molecule has 21 heavy (non-hydrogen) atoms. The Balaban J connectivity index is 2.87. The third-order valence-corrected chi connectivity index (χ3v) is 3.72. The van der Waals surface area contributed by atoms with Crippen molar-refractivity contribution in [3.8, 4) is 0 Å². The van der Waals surface area contributed by atoms with Crippen molar-refractivity contribution in [2.75, 3.05) is 20.3 Å². The van der Waals surface area contributed by atoms with Crippen molar-refractivity contribution in [2.45, 2.75) is 17.9 Å². The molecule has 9 nitrogen and oxygen atoms in total. The summed E-state index contributed by atoms with van der Waals surface area (Å²) >= 11 is 0. The molecule has 0 atom stereocenters. The maximum Gasteiger partial charge on any atom is 0.328 e. The zero-order chi connectivity index (χ0) is 16.0. The molecule has 0 bridgehead atoms. The lowest BCUT2D eigenvalue weighted by Crippen LogP contribution is -2.37. The van der Waals surface area contributed by atoms with E-state index in [-0.39, 0.29) is 0 Å². The molecule has 1 amide bonds. The van der Waals surface area contributed by atoms with Gasteiger partial charge in [-0.2, -0.15) is 0 Å². The highest BCUT2D eigenvalue weighted by atomic mass is 35.7. The number of rotatable bonds is 7. The van der Waals surface area contributed by atoms with E-state index < -0.39 is 37.6 Å². The fourth-order valence-corrected chi connectivity index (χ4v) is 2.29. The van der Waals surface area contributed by atoms with Crippen molar-refractivity contribution >= 4 is 25.6 Å². The smallest absolute Gasteiger partial charge is 0.328 e. The quantitative estimate of drug-likeness (QED) is 0.465. The second-order valence-corrected chi connectivity index (χ2v) is 6.55. The van der Waals surface area contributed by atoms with E-state index in [9.17, 15) is 22.8 Å². The molecular weight excluding hydrogens is 326 g/mol. The van der Waals surface area contributed by atoms with Gasteiger partial charge in [-0.25, -0.2) is 13.2 Å². The van der Waals surface area contributed by atoms with Crippen molar-refractivity contribution in [1.82, 2.24) is 14.9 Å². The molecule has 0 saturated carbocycles. The number of methoxy groups -OCH3 is 1. The second kappa shape index (κ2) is 7.38. The minimum absolute atomic E-state index is 0.339. The number of H-pyrrole nitrogens is 1. The normalized spacial score (nSPS) is 11.3. The summed E-state index contributed by atoms with van der Waals surface area (Å²) in [4.78, 5) is 35.4. The lowest BCUT2D eigenvalue weighted by Gasteiger charge is -2.07. The maximum absolute atomic E-state index is 11.6. The molecule has 0 aliphatic carbocycles. The van der Waals surface area contributed by atoms with Crippen molar-refractivity contribution in [3.05, 3.63) is 27.0 Å². The summed E-state index contributed by atoms with van der Waals surface area (Å²) in [6.45, 7) is 0.362. The standard InChI is InChI=1S/C10H14ClN3O6S/c1-20-4-2-3-12-8(15)6-14-5-7(21(11,18)19)9(16)13-10(14)17/h5H,2-4,6H2,1H3,(H,12,15)(H,13,16,17). The van der Waals surface area contributed by atoms with Crippen LogP contribution in [0.1, 0.15) is 6.42 Å². The zero-order valence-electron chi connectivity index (χ0n) is 11.1. The number of aromatic amines is 1. The van der Waals surface area contributed by atoms with E-state index in [1.807, 2.05) is 0 Å². The average Bonchev–Trinajstić information content (AvgIpc) is 2.36. The van der Waals surface area contributed by atoms with Gasteiger partial charge in [0.15, 0.2) is 4.90 Å². The average molecular weight is 340 g/mol. The van der Waals surface area contributed by atoms with E-state index in [0.29, 0.717) is 19.6 Å². The number of hydrogen-bond acceptors (Lipinski definition) is 6. The van der Waals surface area contributed by atoms with E-state index in [4.69, 9.17) is 15.4 Å². The molecule has 2 N–H and O–H groups in total. The van der Waals surface area contributed by atoms with Crippen LogP contribution in [0.4, 0.5) is 0 Å². The fraction of sp³-hybridized carbons (Fsp3) is 0.500. The van der Waals surface area contributed by atoms with Gasteiger partial charge in [0.25, 0.3) is 14.6 Å². The van der Waals surface area contributed by atoms with Crippen molar-refractivity contribution in [3.63, 3.8) is 0 Å². The number of ether oxygens (including phenoxy) is 1. The second-order valence-electron chi connectivity index (χ2n) is 4.01. The van der Waals surface area contributed by atoms with Gasteiger partial charge >= 0.3 is 5.69 Å². The van der Waals surface area contributed by atoms with E-state index in [1.165, 1.54) is 7.11 Å². The molecule has 1 aromatic heterocycles. The molecule has 0 fully saturated rings. The highest BCUT2D eigenvalue weighted by molar-refractivity contribution is 8.13. The van der Waals surface area contributed by atoms with Gasteiger partial charge in [-0.1, -0.05) is 0 Å². The van der Waals surface area contributed by atoms with E-state index in [2.05, 4.69) is 5.32 Å². The van der Waals surface area contributed by atoms with E-state index >= 15 is 0 Å². The predicted molar refractivity (Wildman–Crippen MR) is 73.9 cm³/mol. The van der Waals surface area contributed by atoms with Crippen LogP contribution in [0.5, 0.6) is 0 Å². The molecule has 0 spiro atoms. The predicted octanol–water partition coefficient (Wildman–Crippen LogP) is -1.38. The summed E-state index contributed by atoms with van der Waals surface area (Å²) < 4.78 is 27.9. The Morgan fingerprint density at radius 2 is 2.14 bits per heavy atom. The summed E-state index contributed by atoms with van der Waals surface area (Å²) in [6, 6.07) is 0. The molecular formula is C10H14ClN3O6S. The number of aromatic nitrogens is 2. The molecule has 1 aromatic rings. The van der Waals surface area contributed by atoms with Crippen molar-refractivity contribution in [2.24, 2.45) is 0 Å². The monoisotopic (exact) mass is 339 g/mol. The van der Waals surface area contributed by atoms with E-state index in [1.54, 1.807) is 4.98 Å². The Morgan fingerprint density at radius 1 is 1.48 bits per heavy atom. The molecule has 1 heterocycles. The Kier molecular flexibility index (Phi) is 6.12. The topological polar surface area (TPSA) is 127 Å². The Morgan fingerprint density at radius 3 is 2.71 bits per heavy atom. The minimum atomic E-state index is -4.31. The van der Waals surface area contributed by atoms with Crippen LogP contribution in [0.3, 0.4) is 0 Å². The molecule has 11 heteroatoms. The number of carbonyl (C=O) groups excluding carboxylic acids is 1. The number of nitrogens with one attached hydrogen (secondary N) is 2. The summed E-state index contributed by atoms with van der Waals surface area (Å²) in [5.74, 6) is -0.516. The summed E-state index contributed by atoms with van der Waals surface area (Å²) in [5.41, 5.74) is -2.04. The van der Waals surface area contributed by atoms with Gasteiger partial charge in [0.05, 0.1) is 0 Å². The van der Waals surface area contributed by atoms with Crippen LogP contribution < -0.4 is 16.6 Å². The Bertz CT molecular complexity index is 723. The maximum atomic E-state index is 11.6. The zero-order valence-corrected chi connectivity index (χ0v) is 12.7. The first kappa shape index (κ1) is 17.4. The van der Waals surface area contributed by atoms with E-state index in [0.717, 1.165) is 10.8 Å². The molecule has 1 rings (SSSR count). The van der Waals surface area contributed by atoms with Crippen molar-refractivity contribution < 1.29 is 17.9 Å². The van der Waals surface area contributed by atoms with Crippen molar-refractivity contribution in [1.29, 1.82) is 0 Å². The molecule has 0 aromatic carbocycles. The number of amides is 1. The first-order valence-corrected chi connectivity index (χ1v) is 8.10. The van der Waals surface area contributed by atoms with Crippen LogP contribution in [0.25, 0.3) is 0 Å². The third kappa shape index (κ3) is 5.33. The summed E-state index contributed by atoms with van der Waals surface area (Å²) in [6.07, 6.45) is 1.32. The number of hydrogen-bond donors (Lipinski definition) is 2. The number of carbonyl (C=O) groups is 1. The van der Waals surface area contributed by atoms with Crippen LogP contribution in [0, 0.1) is 0 Å². The van der Waals surface area contributed by atoms with Crippen LogP contribution in [-0.4, -0.2) is 44.1 Å².